The molecule has 0 aliphatic heterocycles. The number of methoxy groups -OCH3 is 1. The lowest BCUT2D eigenvalue weighted by Gasteiger charge is -2.18. The molecule has 2 rings (SSSR count). The first-order chi connectivity index (χ1) is 12.3. The molecule has 0 bridgehead atoms. The molecule has 0 aliphatic rings. The van der Waals surface area contributed by atoms with Gasteiger partial charge in [-0.3, -0.25) is 4.79 Å². The van der Waals surface area contributed by atoms with E-state index in [0.717, 1.165) is 22.8 Å². The van der Waals surface area contributed by atoms with Gasteiger partial charge in [0.15, 0.2) is 0 Å². The van der Waals surface area contributed by atoms with Gasteiger partial charge in [0.05, 0.1) is 7.11 Å². The lowest BCUT2D eigenvalue weighted by Crippen LogP contribution is -2.05. The number of thioether (sulfide) groups is 1. The van der Waals surface area contributed by atoms with Crippen molar-refractivity contribution in [3.05, 3.63) is 63.2 Å². The van der Waals surface area contributed by atoms with Gasteiger partial charge in [-0.1, -0.05) is 12.1 Å². The minimum absolute atomic E-state index is 0.298. The Hall–Kier alpha value is -1.74. The van der Waals surface area contributed by atoms with E-state index in [0.29, 0.717) is 18.6 Å². The van der Waals surface area contributed by atoms with Gasteiger partial charge in [0, 0.05) is 24.3 Å². The van der Waals surface area contributed by atoms with Crippen molar-refractivity contribution < 1.29 is 9.53 Å². The fourth-order valence-corrected chi connectivity index (χ4v) is 4.37. The molecule has 0 N–H and O–H groups in total. The second-order valence-electron chi connectivity index (χ2n) is 6.97. The Morgan fingerprint density at radius 1 is 0.885 bits per heavy atom. The summed E-state index contributed by atoms with van der Waals surface area (Å²) in [5.41, 5.74) is 9.52. The Bertz CT molecular complexity index is 747. The highest BCUT2D eigenvalue weighted by atomic mass is 32.2. The normalized spacial score (nSPS) is 10.8. The molecule has 0 spiro atoms. The maximum Gasteiger partial charge on any atom is 0.138 e. The van der Waals surface area contributed by atoms with Crippen molar-refractivity contribution in [1.82, 2.24) is 0 Å². The summed E-state index contributed by atoms with van der Waals surface area (Å²) in [5.74, 6) is 2.98. The number of ether oxygens (including phenoxy) is 1. The third kappa shape index (κ3) is 4.91. The summed E-state index contributed by atoms with van der Waals surface area (Å²) in [4.78, 5) is 12.2. The third-order valence-electron chi connectivity index (χ3n) is 5.49. The zero-order valence-electron chi connectivity index (χ0n) is 16.9. The monoisotopic (exact) mass is 370 g/mol. The molecule has 0 amide bonds. The molecule has 0 fully saturated rings. The molecular weight excluding hydrogens is 340 g/mol. The quantitative estimate of drug-likeness (QED) is 0.560. The van der Waals surface area contributed by atoms with Crippen molar-refractivity contribution in [1.29, 1.82) is 0 Å². The summed E-state index contributed by atoms with van der Waals surface area (Å²) in [7, 11) is 1.65. The van der Waals surface area contributed by atoms with Gasteiger partial charge < -0.3 is 4.74 Å². The van der Waals surface area contributed by atoms with Gasteiger partial charge >= 0.3 is 0 Å². The fraction of sp³-hybridized carbons (Fsp3) is 0.435. The summed E-state index contributed by atoms with van der Waals surface area (Å²) in [6.07, 6.45) is 1.13. The first kappa shape index (κ1) is 20.6. The van der Waals surface area contributed by atoms with Crippen LogP contribution in [-0.2, 0) is 17.0 Å². The molecule has 2 aromatic rings. The largest absolute Gasteiger partial charge is 0.497 e. The number of carbonyl (C=O) groups excluding carboxylic acids is 1. The molecule has 2 aromatic carbocycles. The molecule has 0 radical (unpaired) electrons. The van der Waals surface area contributed by atoms with Crippen molar-refractivity contribution in [2.45, 2.75) is 53.2 Å². The van der Waals surface area contributed by atoms with Crippen molar-refractivity contribution in [3.8, 4) is 5.75 Å². The Balaban J connectivity index is 1.86. The fourth-order valence-electron chi connectivity index (χ4n) is 3.21. The van der Waals surface area contributed by atoms with E-state index in [2.05, 4.69) is 34.6 Å². The average molecular weight is 371 g/mol. The predicted molar refractivity (Wildman–Crippen MR) is 113 cm³/mol. The van der Waals surface area contributed by atoms with Crippen LogP contribution in [0.5, 0.6) is 5.75 Å². The number of ketones is 1. The number of hydrogen-bond acceptors (Lipinski definition) is 3. The summed E-state index contributed by atoms with van der Waals surface area (Å²) in [6.45, 7) is 11.1. The Morgan fingerprint density at radius 2 is 1.42 bits per heavy atom. The minimum Gasteiger partial charge on any atom is -0.497 e. The van der Waals surface area contributed by atoms with E-state index < -0.39 is 0 Å². The van der Waals surface area contributed by atoms with Crippen LogP contribution in [-0.4, -0.2) is 18.6 Å². The molecule has 0 heterocycles. The molecule has 0 aromatic heterocycles. The highest BCUT2D eigenvalue weighted by Gasteiger charge is 2.12. The topological polar surface area (TPSA) is 26.3 Å². The summed E-state index contributed by atoms with van der Waals surface area (Å²) in [5, 5.41) is 0. The van der Waals surface area contributed by atoms with Crippen LogP contribution in [0.1, 0.15) is 45.4 Å². The highest BCUT2D eigenvalue weighted by molar-refractivity contribution is 7.98. The second-order valence-corrected chi connectivity index (χ2v) is 8.07. The summed E-state index contributed by atoms with van der Waals surface area (Å²) < 4.78 is 5.15. The van der Waals surface area contributed by atoms with Gasteiger partial charge in [-0.05, 0) is 85.7 Å². The maximum absolute atomic E-state index is 12.2. The number of carbonyl (C=O) groups is 1. The highest BCUT2D eigenvalue weighted by Crippen LogP contribution is 2.29. The first-order valence-corrected chi connectivity index (χ1v) is 10.3. The molecule has 0 unspecified atom stereocenters. The van der Waals surface area contributed by atoms with Gasteiger partial charge in [-0.2, -0.15) is 11.8 Å². The smallest absolute Gasteiger partial charge is 0.138 e. The first-order valence-electron chi connectivity index (χ1n) is 9.13. The molecule has 140 valence electrons. The number of benzene rings is 2. The SMILES string of the molecule is COc1ccc(CC(=O)CCSCc2c(C)c(C)c(C)c(C)c2C)cc1. The van der Waals surface area contributed by atoms with Crippen LogP contribution in [0.4, 0.5) is 0 Å². The summed E-state index contributed by atoms with van der Waals surface area (Å²) >= 11 is 1.86. The lowest BCUT2D eigenvalue weighted by atomic mass is 9.90. The van der Waals surface area contributed by atoms with Gasteiger partial charge in [-0.15, -0.1) is 0 Å². The minimum atomic E-state index is 0.298. The van der Waals surface area contributed by atoms with E-state index in [9.17, 15) is 4.79 Å². The lowest BCUT2D eigenvalue weighted by molar-refractivity contribution is -0.118. The van der Waals surface area contributed by atoms with Crippen molar-refractivity contribution in [3.63, 3.8) is 0 Å². The zero-order chi connectivity index (χ0) is 19.3. The molecule has 0 atom stereocenters. The van der Waals surface area contributed by atoms with Crippen LogP contribution in [0.2, 0.25) is 0 Å². The van der Waals surface area contributed by atoms with E-state index >= 15 is 0 Å². The van der Waals surface area contributed by atoms with Crippen LogP contribution in [0.25, 0.3) is 0 Å². The van der Waals surface area contributed by atoms with Crippen LogP contribution >= 0.6 is 11.8 Å². The van der Waals surface area contributed by atoms with E-state index in [1.54, 1.807) is 7.11 Å². The van der Waals surface area contributed by atoms with Crippen molar-refractivity contribution >= 4 is 17.5 Å². The number of rotatable bonds is 8. The van der Waals surface area contributed by atoms with Crippen LogP contribution in [0, 0.1) is 34.6 Å². The molecule has 0 saturated carbocycles. The molecule has 0 saturated heterocycles. The predicted octanol–water partition coefficient (Wildman–Crippen LogP) is 5.67. The van der Waals surface area contributed by atoms with Crippen LogP contribution < -0.4 is 4.74 Å². The molecule has 0 aliphatic carbocycles. The standard InChI is InChI=1S/C23H30O2S/c1-15-16(2)18(4)23(19(5)17(15)3)14-26-12-11-21(24)13-20-7-9-22(25-6)10-8-20/h7-10H,11-14H2,1-6H3. The Kier molecular flexibility index (Phi) is 7.33. The maximum atomic E-state index is 12.2. The van der Waals surface area contributed by atoms with E-state index in [1.165, 1.54) is 33.4 Å². The third-order valence-corrected chi connectivity index (χ3v) is 6.47. The molecule has 3 heteroatoms. The van der Waals surface area contributed by atoms with E-state index in [4.69, 9.17) is 4.74 Å². The Labute approximate surface area is 162 Å². The van der Waals surface area contributed by atoms with E-state index in [1.807, 2.05) is 36.0 Å². The Morgan fingerprint density at radius 3 is 1.96 bits per heavy atom. The van der Waals surface area contributed by atoms with Crippen LogP contribution in [0.3, 0.4) is 0 Å². The number of Topliss-reactive ketones (excluding diaryl/α,β-unsaturated/α-hetero) is 1. The molecule has 2 nitrogen and oxygen atoms in total. The summed E-state index contributed by atoms with van der Waals surface area (Å²) in [6, 6.07) is 7.75. The van der Waals surface area contributed by atoms with Gasteiger partial charge in [0.1, 0.15) is 11.5 Å². The van der Waals surface area contributed by atoms with Gasteiger partial charge in [-0.25, -0.2) is 0 Å². The molecule has 26 heavy (non-hydrogen) atoms. The molecular formula is C23H30O2S. The average Bonchev–Trinajstić information content (AvgIpc) is 2.64. The van der Waals surface area contributed by atoms with Crippen molar-refractivity contribution in [2.75, 3.05) is 12.9 Å². The number of hydrogen-bond donors (Lipinski definition) is 0. The van der Waals surface area contributed by atoms with E-state index in [-0.39, 0.29) is 0 Å². The van der Waals surface area contributed by atoms with Crippen LogP contribution in [0.15, 0.2) is 24.3 Å². The second kappa shape index (κ2) is 9.27. The van der Waals surface area contributed by atoms with Crippen molar-refractivity contribution in [2.24, 2.45) is 0 Å². The van der Waals surface area contributed by atoms with Gasteiger partial charge in [0.2, 0.25) is 0 Å². The zero-order valence-corrected chi connectivity index (χ0v) is 17.7. The van der Waals surface area contributed by atoms with Gasteiger partial charge in [0.25, 0.3) is 0 Å².